The SMILES string of the molecule is CS[C@H](CN)c1cccc(Cl)c1. The van der Waals surface area contributed by atoms with Crippen molar-refractivity contribution < 1.29 is 0 Å². The van der Waals surface area contributed by atoms with Gasteiger partial charge in [-0.25, -0.2) is 0 Å². The van der Waals surface area contributed by atoms with Crippen molar-refractivity contribution in [3.63, 3.8) is 0 Å². The summed E-state index contributed by atoms with van der Waals surface area (Å²) in [6.07, 6.45) is 2.05. The lowest BCUT2D eigenvalue weighted by molar-refractivity contribution is 0.945. The van der Waals surface area contributed by atoms with Crippen molar-refractivity contribution in [3.05, 3.63) is 34.9 Å². The molecule has 1 aromatic rings. The van der Waals surface area contributed by atoms with Crippen LogP contribution < -0.4 is 5.73 Å². The van der Waals surface area contributed by atoms with Gasteiger partial charge in [0.2, 0.25) is 0 Å². The molecular formula is C9H12ClNS. The number of nitrogens with two attached hydrogens (primary N) is 1. The lowest BCUT2D eigenvalue weighted by Crippen LogP contribution is -2.08. The first-order chi connectivity index (χ1) is 5.77. The predicted octanol–water partition coefficient (Wildman–Crippen LogP) is 2.70. The van der Waals surface area contributed by atoms with Crippen LogP contribution in [0.2, 0.25) is 5.02 Å². The Bertz CT molecular complexity index is 248. The number of hydrogen-bond donors (Lipinski definition) is 1. The molecule has 0 saturated carbocycles. The van der Waals surface area contributed by atoms with Gasteiger partial charge in [0.05, 0.1) is 0 Å². The van der Waals surface area contributed by atoms with E-state index in [0.717, 1.165) is 5.02 Å². The maximum atomic E-state index is 5.85. The highest BCUT2D eigenvalue weighted by molar-refractivity contribution is 7.98. The van der Waals surface area contributed by atoms with E-state index in [-0.39, 0.29) is 0 Å². The summed E-state index contributed by atoms with van der Waals surface area (Å²) in [5.41, 5.74) is 6.81. The van der Waals surface area contributed by atoms with E-state index >= 15 is 0 Å². The maximum absolute atomic E-state index is 5.85. The number of rotatable bonds is 3. The molecule has 0 aliphatic carbocycles. The summed E-state index contributed by atoms with van der Waals surface area (Å²) >= 11 is 7.60. The molecule has 1 nitrogen and oxygen atoms in total. The van der Waals surface area contributed by atoms with Crippen LogP contribution in [0.15, 0.2) is 24.3 Å². The fourth-order valence-corrected chi connectivity index (χ4v) is 1.89. The molecule has 3 heteroatoms. The molecule has 2 N–H and O–H groups in total. The molecule has 0 unspecified atom stereocenters. The smallest absolute Gasteiger partial charge is 0.0417 e. The Kier molecular flexibility index (Phi) is 3.92. The quantitative estimate of drug-likeness (QED) is 0.814. The third kappa shape index (κ3) is 2.41. The monoisotopic (exact) mass is 201 g/mol. The lowest BCUT2D eigenvalue weighted by Gasteiger charge is -2.11. The number of benzene rings is 1. The van der Waals surface area contributed by atoms with Crippen molar-refractivity contribution >= 4 is 23.4 Å². The van der Waals surface area contributed by atoms with Crippen molar-refractivity contribution in [2.45, 2.75) is 5.25 Å². The molecule has 1 atom stereocenters. The van der Waals surface area contributed by atoms with Crippen LogP contribution in [0.25, 0.3) is 0 Å². The maximum Gasteiger partial charge on any atom is 0.0417 e. The van der Waals surface area contributed by atoms with Gasteiger partial charge in [0, 0.05) is 16.8 Å². The molecule has 66 valence electrons. The molecule has 0 spiro atoms. The van der Waals surface area contributed by atoms with Gasteiger partial charge in [0.1, 0.15) is 0 Å². The van der Waals surface area contributed by atoms with Gasteiger partial charge in [-0.3, -0.25) is 0 Å². The van der Waals surface area contributed by atoms with Gasteiger partial charge in [-0.05, 0) is 24.0 Å². The molecule has 0 aliphatic heterocycles. The minimum atomic E-state index is 0.365. The predicted molar refractivity (Wildman–Crippen MR) is 56.8 cm³/mol. The largest absolute Gasteiger partial charge is 0.329 e. The highest BCUT2D eigenvalue weighted by Gasteiger charge is 2.06. The second-order valence-corrected chi connectivity index (χ2v) is 3.99. The van der Waals surface area contributed by atoms with Crippen molar-refractivity contribution in [2.75, 3.05) is 12.8 Å². The van der Waals surface area contributed by atoms with E-state index in [0.29, 0.717) is 11.8 Å². The number of halogens is 1. The van der Waals surface area contributed by atoms with Crippen LogP contribution >= 0.6 is 23.4 Å². The first-order valence-electron chi connectivity index (χ1n) is 3.76. The first kappa shape index (κ1) is 9.90. The minimum absolute atomic E-state index is 0.365. The summed E-state index contributed by atoms with van der Waals surface area (Å²) in [7, 11) is 0. The van der Waals surface area contributed by atoms with Crippen LogP contribution in [0.3, 0.4) is 0 Å². The van der Waals surface area contributed by atoms with Gasteiger partial charge in [-0.2, -0.15) is 11.8 Å². The third-order valence-corrected chi connectivity index (χ3v) is 2.99. The molecule has 0 heterocycles. The Morgan fingerprint density at radius 2 is 2.33 bits per heavy atom. The zero-order valence-corrected chi connectivity index (χ0v) is 8.53. The summed E-state index contributed by atoms with van der Waals surface area (Å²) in [5, 5.41) is 1.14. The van der Waals surface area contributed by atoms with Crippen LogP contribution in [0.5, 0.6) is 0 Å². The molecule has 0 aromatic heterocycles. The first-order valence-corrected chi connectivity index (χ1v) is 5.43. The van der Waals surface area contributed by atoms with Gasteiger partial charge in [0.25, 0.3) is 0 Å². The van der Waals surface area contributed by atoms with E-state index in [1.54, 1.807) is 11.8 Å². The third-order valence-electron chi connectivity index (χ3n) is 1.72. The minimum Gasteiger partial charge on any atom is -0.329 e. The zero-order valence-electron chi connectivity index (χ0n) is 6.96. The van der Waals surface area contributed by atoms with Gasteiger partial charge in [-0.1, -0.05) is 23.7 Å². The van der Waals surface area contributed by atoms with Crippen molar-refractivity contribution in [1.82, 2.24) is 0 Å². The molecule has 1 rings (SSSR count). The van der Waals surface area contributed by atoms with Crippen LogP contribution in [0.1, 0.15) is 10.8 Å². The Labute approximate surface area is 82.3 Å². The van der Waals surface area contributed by atoms with E-state index in [9.17, 15) is 0 Å². The van der Waals surface area contributed by atoms with Crippen molar-refractivity contribution in [1.29, 1.82) is 0 Å². The summed E-state index contributed by atoms with van der Waals surface area (Å²) in [5.74, 6) is 0. The van der Waals surface area contributed by atoms with E-state index < -0.39 is 0 Å². The van der Waals surface area contributed by atoms with E-state index in [1.807, 2.05) is 18.2 Å². The van der Waals surface area contributed by atoms with Crippen LogP contribution in [-0.2, 0) is 0 Å². The van der Waals surface area contributed by atoms with E-state index in [2.05, 4.69) is 12.3 Å². The van der Waals surface area contributed by atoms with Gasteiger partial charge < -0.3 is 5.73 Å². The van der Waals surface area contributed by atoms with Gasteiger partial charge in [0.15, 0.2) is 0 Å². The number of hydrogen-bond acceptors (Lipinski definition) is 2. The normalized spacial score (nSPS) is 12.9. The zero-order chi connectivity index (χ0) is 8.97. The second-order valence-electron chi connectivity index (χ2n) is 2.52. The molecule has 1 aromatic carbocycles. The standard InChI is InChI=1S/C9H12ClNS/c1-12-9(6-11)7-3-2-4-8(10)5-7/h2-5,9H,6,11H2,1H3/t9-/m1/s1. The second kappa shape index (κ2) is 4.75. The highest BCUT2D eigenvalue weighted by Crippen LogP contribution is 2.26. The average molecular weight is 202 g/mol. The lowest BCUT2D eigenvalue weighted by atomic mass is 10.1. The molecular weight excluding hydrogens is 190 g/mol. The Balaban J connectivity index is 2.85. The molecule has 0 saturated heterocycles. The fraction of sp³-hybridized carbons (Fsp3) is 0.333. The van der Waals surface area contributed by atoms with Gasteiger partial charge >= 0.3 is 0 Å². The molecule has 0 aliphatic rings. The summed E-state index contributed by atoms with van der Waals surface area (Å²) in [4.78, 5) is 0. The highest BCUT2D eigenvalue weighted by atomic mass is 35.5. The molecule has 0 bridgehead atoms. The molecule has 0 amide bonds. The van der Waals surface area contributed by atoms with Crippen LogP contribution in [0, 0.1) is 0 Å². The summed E-state index contributed by atoms with van der Waals surface area (Å²) in [6, 6.07) is 7.85. The molecule has 0 fully saturated rings. The van der Waals surface area contributed by atoms with Gasteiger partial charge in [-0.15, -0.1) is 0 Å². The Morgan fingerprint density at radius 3 is 2.83 bits per heavy atom. The summed E-state index contributed by atoms with van der Waals surface area (Å²) in [6.45, 7) is 0.654. The molecule has 12 heavy (non-hydrogen) atoms. The number of thioether (sulfide) groups is 1. The van der Waals surface area contributed by atoms with Crippen molar-refractivity contribution in [3.8, 4) is 0 Å². The molecule has 0 radical (unpaired) electrons. The van der Waals surface area contributed by atoms with E-state index in [1.165, 1.54) is 5.56 Å². The average Bonchev–Trinajstić information content (AvgIpc) is 2.07. The summed E-state index contributed by atoms with van der Waals surface area (Å²) < 4.78 is 0. The van der Waals surface area contributed by atoms with Crippen molar-refractivity contribution in [2.24, 2.45) is 5.73 Å². The van der Waals surface area contributed by atoms with Crippen LogP contribution in [0.4, 0.5) is 0 Å². The van der Waals surface area contributed by atoms with E-state index in [4.69, 9.17) is 17.3 Å². The topological polar surface area (TPSA) is 26.0 Å². The Hall–Kier alpha value is -0.180. The van der Waals surface area contributed by atoms with Crippen LogP contribution in [-0.4, -0.2) is 12.8 Å². The fourth-order valence-electron chi connectivity index (χ4n) is 1.08. The Morgan fingerprint density at radius 1 is 1.58 bits per heavy atom.